The van der Waals surface area contributed by atoms with Gasteiger partial charge >= 0.3 is 0 Å². The maximum Gasteiger partial charge on any atom is 0.248 e. The molecular formula is C18H26N2O3S. The van der Waals surface area contributed by atoms with E-state index in [0.717, 1.165) is 16.3 Å². The SMILES string of the molecule is CCOCC(=O)N1CCC(C(=O)Nc2ccccc2SCC)CC1. The Morgan fingerprint density at radius 2 is 1.96 bits per heavy atom. The molecule has 6 heteroatoms. The second-order valence-electron chi connectivity index (χ2n) is 5.71. The molecule has 0 radical (unpaired) electrons. The third-order valence-corrected chi connectivity index (χ3v) is 5.05. The Morgan fingerprint density at radius 3 is 2.62 bits per heavy atom. The summed E-state index contributed by atoms with van der Waals surface area (Å²) in [6, 6.07) is 7.88. The lowest BCUT2D eigenvalue weighted by molar-refractivity contribution is -0.138. The molecule has 1 heterocycles. The summed E-state index contributed by atoms with van der Waals surface area (Å²) in [6.45, 7) is 5.89. The van der Waals surface area contributed by atoms with Crippen LogP contribution in [0.15, 0.2) is 29.2 Å². The molecule has 132 valence electrons. The molecule has 2 amide bonds. The van der Waals surface area contributed by atoms with Crippen LogP contribution in [0.1, 0.15) is 26.7 Å². The number of nitrogens with zero attached hydrogens (tertiary/aromatic N) is 1. The first-order chi connectivity index (χ1) is 11.7. The minimum atomic E-state index is -0.0409. The fraction of sp³-hybridized carbons (Fsp3) is 0.556. The zero-order chi connectivity index (χ0) is 17.4. The lowest BCUT2D eigenvalue weighted by Gasteiger charge is -2.31. The normalized spacial score (nSPS) is 15.3. The predicted octanol–water partition coefficient (Wildman–Crippen LogP) is 3.01. The highest BCUT2D eigenvalue weighted by molar-refractivity contribution is 7.99. The van der Waals surface area contributed by atoms with Crippen molar-refractivity contribution in [1.29, 1.82) is 0 Å². The van der Waals surface area contributed by atoms with Crippen molar-refractivity contribution in [2.75, 3.05) is 37.4 Å². The number of thioether (sulfide) groups is 1. The Labute approximate surface area is 148 Å². The average molecular weight is 350 g/mol. The van der Waals surface area contributed by atoms with Gasteiger partial charge < -0.3 is 15.0 Å². The van der Waals surface area contributed by atoms with E-state index in [1.165, 1.54) is 0 Å². The van der Waals surface area contributed by atoms with Gasteiger partial charge in [-0.25, -0.2) is 0 Å². The summed E-state index contributed by atoms with van der Waals surface area (Å²) in [5, 5.41) is 3.06. The number of hydrogen-bond donors (Lipinski definition) is 1. The van der Waals surface area contributed by atoms with Gasteiger partial charge in [-0.05, 0) is 37.7 Å². The van der Waals surface area contributed by atoms with Crippen LogP contribution >= 0.6 is 11.8 Å². The predicted molar refractivity (Wildman–Crippen MR) is 97.3 cm³/mol. The molecule has 0 unspecified atom stereocenters. The molecule has 1 fully saturated rings. The van der Waals surface area contributed by atoms with Crippen LogP contribution in [-0.2, 0) is 14.3 Å². The van der Waals surface area contributed by atoms with Crippen LogP contribution in [0.3, 0.4) is 0 Å². The van der Waals surface area contributed by atoms with E-state index < -0.39 is 0 Å². The highest BCUT2D eigenvalue weighted by Crippen LogP contribution is 2.28. The number of nitrogens with one attached hydrogen (secondary N) is 1. The van der Waals surface area contributed by atoms with Gasteiger partial charge in [0.25, 0.3) is 0 Å². The minimum absolute atomic E-state index is 0.0143. The third-order valence-electron chi connectivity index (χ3n) is 4.09. The van der Waals surface area contributed by atoms with E-state index >= 15 is 0 Å². The molecule has 1 aliphatic rings. The number of carbonyl (C=O) groups is 2. The molecule has 24 heavy (non-hydrogen) atoms. The third kappa shape index (κ3) is 5.24. The number of hydrogen-bond acceptors (Lipinski definition) is 4. The summed E-state index contributed by atoms with van der Waals surface area (Å²) in [7, 11) is 0. The van der Waals surface area contributed by atoms with Crippen LogP contribution in [0, 0.1) is 5.92 Å². The molecule has 0 atom stereocenters. The van der Waals surface area contributed by atoms with E-state index in [-0.39, 0.29) is 24.3 Å². The molecule has 0 spiro atoms. The molecule has 0 aliphatic carbocycles. The van der Waals surface area contributed by atoms with Crippen LogP contribution < -0.4 is 5.32 Å². The number of likely N-dealkylation sites (tertiary alicyclic amines) is 1. The monoisotopic (exact) mass is 350 g/mol. The van der Waals surface area contributed by atoms with Gasteiger partial charge in [0.2, 0.25) is 11.8 Å². The summed E-state index contributed by atoms with van der Waals surface area (Å²) >= 11 is 1.72. The molecule has 1 saturated heterocycles. The standard InChI is InChI=1S/C18H26N2O3S/c1-3-23-13-17(21)20-11-9-14(10-12-20)18(22)19-15-7-5-6-8-16(15)24-4-2/h5-8,14H,3-4,9-13H2,1-2H3,(H,19,22). The van der Waals surface area contributed by atoms with E-state index in [9.17, 15) is 9.59 Å². The van der Waals surface area contributed by atoms with Crippen LogP contribution in [0.2, 0.25) is 0 Å². The zero-order valence-electron chi connectivity index (χ0n) is 14.4. The Morgan fingerprint density at radius 1 is 1.25 bits per heavy atom. The molecule has 0 aromatic heterocycles. The molecule has 0 saturated carbocycles. The van der Waals surface area contributed by atoms with Crippen molar-refractivity contribution >= 4 is 29.3 Å². The Kier molecular flexibility index (Phi) is 7.59. The highest BCUT2D eigenvalue weighted by Gasteiger charge is 2.27. The van der Waals surface area contributed by atoms with Crippen molar-refractivity contribution in [1.82, 2.24) is 4.90 Å². The lowest BCUT2D eigenvalue weighted by atomic mass is 9.95. The molecule has 1 N–H and O–H groups in total. The first-order valence-corrected chi connectivity index (χ1v) is 9.52. The lowest BCUT2D eigenvalue weighted by Crippen LogP contribution is -2.43. The van der Waals surface area contributed by atoms with E-state index in [4.69, 9.17) is 4.74 Å². The maximum atomic E-state index is 12.5. The number of rotatable bonds is 7. The van der Waals surface area contributed by atoms with Gasteiger partial charge in [-0.3, -0.25) is 9.59 Å². The quantitative estimate of drug-likeness (QED) is 0.768. The average Bonchev–Trinajstić information content (AvgIpc) is 2.61. The highest BCUT2D eigenvalue weighted by atomic mass is 32.2. The van der Waals surface area contributed by atoms with Gasteiger partial charge in [0.15, 0.2) is 0 Å². The number of carbonyl (C=O) groups excluding carboxylic acids is 2. The van der Waals surface area contributed by atoms with Crippen LogP contribution in [0.4, 0.5) is 5.69 Å². The molecule has 0 bridgehead atoms. The summed E-state index contributed by atoms with van der Waals surface area (Å²) in [5.41, 5.74) is 0.879. The number of piperidine rings is 1. The van der Waals surface area contributed by atoms with Crippen molar-refractivity contribution < 1.29 is 14.3 Å². The van der Waals surface area contributed by atoms with Crippen LogP contribution in [0.25, 0.3) is 0 Å². The number of amides is 2. The maximum absolute atomic E-state index is 12.5. The van der Waals surface area contributed by atoms with Gasteiger partial charge in [0.1, 0.15) is 6.61 Å². The molecule has 1 aromatic carbocycles. The smallest absolute Gasteiger partial charge is 0.248 e. The second kappa shape index (κ2) is 9.69. The van der Waals surface area contributed by atoms with Crippen molar-refractivity contribution in [3.63, 3.8) is 0 Å². The van der Waals surface area contributed by atoms with Gasteiger partial charge in [-0.15, -0.1) is 11.8 Å². The largest absolute Gasteiger partial charge is 0.372 e. The van der Waals surface area contributed by atoms with E-state index in [1.807, 2.05) is 31.2 Å². The number of anilines is 1. The molecule has 1 aliphatic heterocycles. The molecular weight excluding hydrogens is 324 g/mol. The van der Waals surface area contributed by atoms with E-state index in [1.54, 1.807) is 16.7 Å². The zero-order valence-corrected chi connectivity index (χ0v) is 15.2. The number of benzene rings is 1. The van der Waals surface area contributed by atoms with Crippen molar-refractivity contribution in [2.24, 2.45) is 5.92 Å². The second-order valence-corrected chi connectivity index (χ2v) is 7.02. The van der Waals surface area contributed by atoms with Gasteiger partial charge in [0.05, 0.1) is 5.69 Å². The van der Waals surface area contributed by atoms with Gasteiger partial charge in [-0.1, -0.05) is 19.1 Å². The molecule has 5 nitrogen and oxygen atoms in total. The number of para-hydroxylation sites is 1. The van der Waals surface area contributed by atoms with Crippen molar-refractivity contribution in [2.45, 2.75) is 31.6 Å². The fourth-order valence-corrected chi connectivity index (χ4v) is 3.52. The first-order valence-electron chi connectivity index (χ1n) is 8.53. The Bertz CT molecular complexity index is 557. The minimum Gasteiger partial charge on any atom is -0.372 e. The van der Waals surface area contributed by atoms with Gasteiger partial charge in [-0.2, -0.15) is 0 Å². The number of ether oxygens (including phenoxy) is 1. The van der Waals surface area contributed by atoms with E-state index in [2.05, 4.69) is 12.2 Å². The van der Waals surface area contributed by atoms with E-state index in [0.29, 0.717) is 32.5 Å². The summed E-state index contributed by atoms with van der Waals surface area (Å²) in [6.07, 6.45) is 1.40. The molecule has 1 aromatic rings. The van der Waals surface area contributed by atoms with Gasteiger partial charge in [0, 0.05) is 30.5 Å². The first kappa shape index (κ1) is 18.8. The van der Waals surface area contributed by atoms with Crippen molar-refractivity contribution in [3.8, 4) is 0 Å². The Balaban J connectivity index is 1.86. The fourth-order valence-electron chi connectivity index (χ4n) is 2.76. The summed E-state index contributed by atoms with van der Waals surface area (Å²) in [5.74, 6) is 0.991. The van der Waals surface area contributed by atoms with Crippen molar-refractivity contribution in [3.05, 3.63) is 24.3 Å². The van der Waals surface area contributed by atoms with Crippen LogP contribution in [0.5, 0.6) is 0 Å². The Hall–Kier alpha value is -1.53. The molecule has 2 rings (SSSR count). The van der Waals surface area contributed by atoms with Crippen LogP contribution in [-0.4, -0.2) is 48.8 Å². The summed E-state index contributed by atoms with van der Waals surface area (Å²) < 4.78 is 5.17. The summed E-state index contributed by atoms with van der Waals surface area (Å²) in [4.78, 5) is 27.3. The topological polar surface area (TPSA) is 58.6 Å².